The third-order valence-electron chi connectivity index (χ3n) is 6.03. The zero-order chi connectivity index (χ0) is 25.4. The van der Waals surface area contributed by atoms with Crippen LogP contribution >= 0.6 is 0 Å². The van der Waals surface area contributed by atoms with E-state index < -0.39 is 112 Å². The van der Waals surface area contributed by atoms with Gasteiger partial charge in [0.05, 0.1) is 25.9 Å². The van der Waals surface area contributed by atoms with Crippen LogP contribution in [0, 0.1) is 0 Å². The van der Waals surface area contributed by atoms with Crippen molar-refractivity contribution >= 4 is 5.97 Å². The van der Waals surface area contributed by atoms with Crippen molar-refractivity contribution in [1.82, 2.24) is 0 Å². The summed E-state index contributed by atoms with van der Waals surface area (Å²) >= 11 is 0. The van der Waals surface area contributed by atoms with Crippen LogP contribution in [0.3, 0.4) is 0 Å². The van der Waals surface area contributed by atoms with Crippen LogP contribution in [0.4, 0.5) is 0 Å². The average Bonchev–Trinajstić information content (AvgIpc) is 2.81. The number of hydrogen-bond donors (Lipinski definition) is 10. The maximum atomic E-state index is 11.7. The smallest absolute Gasteiger partial charge is 0.367 e. The van der Waals surface area contributed by atoms with Crippen molar-refractivity contribution < 1.29 is 79.5 Å². The first-order chi connectivity index (χ1) is 15.9. The Balaban J connectivity index is 1.74. The minimum atomic E-state index is -2.96. The van der Waals surface area contributed by atoms with Crippen LogP contribution in [0.1, 0.15) is 6.42 Å². The van der Waals surface area contributed by atoms with E-state index in [9.17, 15) is 55.9 Å². The van der Waals surface area contributed by atoms with Crippen LogP contribution < -0.4 is 0 Å². The van der Waals surface area contributed by atoms with Gasteiger partial charge in [0.25, 0.3) is 5.79 Å². The summed E-state index contributed by atoms with van der Waals surface area (Å²) in [5.74, 6) is -4.83. The van der Waals surface area contributed by atoms with E-state index >= 15 is 0 Å². The van der Waals surface area contributed by atoms with Gasteiger partial charge in [0, 0.05) is 6.42 Å². The van der Waals surface area contributed by atoms with Crippen molar-refractivity contribution in [2.75, 3.05) is 19.8 Å². The summed E-state index contributed by atoms with van der Waals surface area (Å²) in [6.07, 6.45) is -20.0. The summed E-state index contributed by atoms with van der Waals surface area (Å²) in [5.41, 5.74) is 0. The highest BCUT2D eigenvalue weighted by atomic mass is 16.8. The number of aliphatic carboxylic acids is 1. The molecule has 3 fully saturated rings. The molecule has 3 rings (SSSR count). The highest BCUT2D eigenvalue weighted by molar-refractivity contribution is 5.76. The molecule has 3 saturated heterocycles. The molecule has 3 unspecified atom stereocenters. The van der Waals surface area contributed by atoms with Gasteiger partial charge in [-0.25, -0.2) is 4.79 Å². The first-order valence-electron chi connectivity index (χ1n) is 10.5. The third kappa shape index (κ3) is 5.20. The van der Waals surface area contributed by atoms with Crippen molar-refractivity contribution in [2.45, 2.75) is 85.8 Å². The largest absolute Gasteiger partial charge is 0.477 e. The summed E-state index contributed by atoms with van der Waals surface area (Å²) in [6.45, 7) is -2.06. The molecule has 13 atom stereocenters. The summed E-state index contributed by atoms with van der Waals surface area (Å²) in [7, 11) is 0. The van der Waals surface area contributed by atoms with Gasteiger partial charge < -0.3 is 74.7 Å². The van der Waals surface area contributed by atoms with E-state index in [4.69, 9.17) is 23.7 Å². The Labute approximate surface area is 192 Å². The topological polar surface area (TPSA) is 266 Å². The van der Waals surface area contributed by atoms with E-state index in [0.29, 0.717) is 0 Å². The van der Waals surface area contributed by atoms with Gasteiger partial charge >= 0.3 is 5.97 Å². The molecule has 0 saturated carbocycles. The van der Waals surface area contributed by atoms with Gasteiger partial charge in [-0.2, -0.15) is 0 Å². The summed E-state index contributed by atoms with van der Waals surface area (Å²) in [4.78, 5) is 11.7. The summed E-state index contributed by atoms with van der Waals surface area (Å²) in [5, 5.41) is 98.4. The molecule has 0 amide bonds. The molecule has 16 heteroatoms. The standard InChI is InChI=1S/C18H30O16/c19-2-6-9(21)11(23)13(25)15(32-6)31-5-1-8(18(29,17(27)28)30-4-5)34-16-14(26)12(24)10(22)7(3-20)33-16/h5-16,19-26,29H,1-4H2,(H,27,28)/t5?,6-,7-,8?,9-,10-,11+,12+,13-,14-,15+,16+,18?/m1/s1. The second-order valence-corrected chi connectivity index (χ2v) is 8.33. The van der Waals surface area contributed by atoms with Gasteiger partial charge in [-0.1, -0.05) is 0 Å². The van der Waals surface area contributed by atoms with Gasteiger partial charge in [-0.3, -0.25) is 0 Å². The lowest BCUT2D eigenvalue weighted by Crippen LogP contribution is -2.65. The van der Waals surface area contributed by atoms with E-state index in [2.05, 4.69) is 0 Å². The van der Waals surface area contributed by atoms with E-state index in [1.54, 1.807) is 0 Å². The van der Waals surface area contributed by atoms with Crippen molar-refractivity contribution in [3.05, 3.63) is 0 Å². The average molecular weight is 502 g/mol. The second kappa shape index (κ2) is 10.9. The summed E-state index contributed by atoms with van der Waals surface area (Å²) in [6, 6.07) is 0. The SMILES string of the molecule is O=C(O)C1(O)OCC(O[C@H]2O[C@H](CO)[C@@H](O)[C@H](O)[C@H]2O)CC1O[C@@H]1O[C@H](CO)[C@@H](O)[C@H](O)[C@H]1O. The Morgan fingerprint density at radius 1 is 0.794 bits per heavy atom. The van der Waals surface area contributed by atoms with Crippen molar-refractivity contribution in [2.24, 2.45) is 0 Å². The number of aliphatic hydroxyl groups excluding tert-OH is 8. The minimum absolute atomic E-state index is 0.465. The molecule has 3 heterocycles. The number of carbonyl (C=O) groups is 1. The fourth-order valence-corrected chi connectivity index (χ4v) is 3.93. The first kappa shape index (κ1) is 27.5. The maximum absolute atomic E-state index is 11.7. The molecular formula is C18H30O16. The van der Waals surface area contributed by atoms with Gasteiger partial charge in [0.15, 0.2) is 12.6 Å². The third-order valence-corrected chi connectivity index (χ3v) is 6.03. The van der Waals surface area contributed by atoms with Crippen molar-refractivity contribution in [3.8, 4) is 0 Å². The Morgan fingerprint density at radius 3 is 1.71 bits per heavy atom. The van der Waals surface area contributed by atoms with Crippen LogP contribution in [0.2, 0.25) is 0 Å². The normalized spacial score (nSPS) is 50.1. The van der Waals surface area contributed by atoms with Crippen LogP contribution in [-0.4, -0.2) is 156 Å². The van der Waals surface area contributed by atoms with Gasteiger partial charge in [0.2, 0.25) is 0 Å². The van der Waals surface area contributed by atoms with Crippen LogP contribution in [0.25, 0.3) is 0 Å². The number of carboxylic acids is 1. The van der Waals surface area contributed by atoms with Crippen LogP contribution in [0.5, 0.6) is 0 Å². The number of aliphatic hydroxyl groups is 9. The van der Waals surface area contributed by atoms with Crippen molar-refractivity contribution in [1.29, 1.82) is 0 Å². The lowest BCUT2D eigenvalue weighted by Gasteiger charge is -2.46. The molecule has 0 aromatic rings. The Kier molecular flexibility index (Phi) is 8.81. The van der Waals surface area contributed by atoms with E-state index in [-0.39, 0.29) is 0 Å². The molecule has 0 radical (unpaired) electrons. The Morgan fingerprint density at radius 2 is 1.26 bits per heavy atom. The lowest BCUT2D eigenvalue weighted by molar-refractivity contribution is -0.371. The molecule has 0 aromatic heterocycles. The van der Waals surface area contributed by atoms with Gasteiger partial charge in [-0.05, 0) is 0 Å². The van der Waals surface area contributed by atoms with Gasteiger partial charge in [-0.15, -0.1) is 0 Å². The molecule has 0 aromatic carbocycles. The molecule has 16 nitrogen and oxygen atoms in total. The lowest BCUT2D eigenvalue weighted by atomic mass is 9.97. The molecule has 0 spiro atoms. The fraction of sp³-hybridized carbons (Fsp3) is 0.944. The van der Waals surface area contributed by atoms with E-state index in [1.165, 1.54) is 0 Å². The molecule has 198 valence electrons. The summed E-state index contributed by atoms with van der Waals surface area (Å²) < 4.78 is 26.3. The van der Waals surface area contributed by atoms with Gasteiger partial charge in [0.1, 0.15) is 54.9 Å². The maximum Gasteiger partial charge on any atom is 0.367 e. The Bertz CT molecular complexity index is 691. The Hall–Kier alpha value is -1.09. The molecule has 0 bridgehead atoms. The minimum Gasteiger partial charge on any atom is -0.477 e. The number of rotatable bonds is 7. The zero-order valence-corrected chi connectivity index (χ0v) is 17.7. The van der Waals surface area contributed by atoms with Crippen LogP contribution in [0.15, 0.2) is 0 Å². The number of carboxylic acid groups (broad SMARTS) is 1. The van der Waals surface area contributed by atoms with E-state index in [1.807, 2.05) is 0 Å². The highest BCUT2D eigenvalue weighted by Crippen LogP contribution is 2.33. The molecule has 3 aliphatic heterocycles. The monoisotopic (exact) mass is 502 g/mol. The highest BCUT2D eigenvalue weighted by Gasteiger charge is 2.55. The predicted molar refractivity (Wildman–Crippen MR) is 100 cm³/mol. The fourth-order valence-electron chi connectivity index (χ4n) is 3.93. The first-order valence-corrected chi connectivity index (χ1v) is 10.5. The van der Waals surface area contributed by atoms with E-state index in [0.717, 1.165) is 0 Å². The molecule has 10 N–H and O–H groups in total. The number of ether oxygens (including phenoxy) is 5. The molecular weight excluding hydrogens is 472 g/mol. The quantitative estimate of drug-likeness (QED) is 0.155. The predicted octanol–water partition coefficient (Wildman–Crippen LogP) is -6.45. The van der Waals surface area contributed by atoms with Crippen LogP contribution in [-0.2, 0) is 28.5 Å². The molecule has 3 aliphatic rings. The van der Waals surface area contributed by atoms with Crippen molar-refractivity contribution in [3.63, 3.8) is 0 Å². The second-order valence-electron chi connectivity index (χ2n) is 8.33. The molecule has 0 aliphatic carbocycles. The zero-order valence-electron chi connectivity index (χ0n) is 17.7. The number of hydrogen-bond acceptors (Lipinski definition) is 15. The molecule has 34 heavy (non-hydrogen) atoms.